The van der Waals surface area contributed by atoms with Crippen LogP contribution in [0.3, 0.4) is 0 Å². The Hall–Kier alpha value is -0.870. The molecule has 1 rings (SSSR count). The van der Waals surface area contributed by atoms with Crippen LogP contribution in [0.15, 0.2) is 22.7 Å². The Balaban J connectivity index is 2.54. The van der Waals surface area contributed by atoms with Crippen molar-refractivity contribution in [1.29, 1.82) is 0 Å². The van der Waals surface area contributed by atoms with Gasteiger partial charge in [-0.3, -0.25) is 4.79 Å². The van der Waals surface area contributed by atoms with Gasteiger partial charge in [0.2, 0.25) is 0 Å². The van der Waals surface area contributed by atoms with Crippen LogP contribution in [-0.2, 0) is 0 Å². The van der Waals surface area contributed by atoms with Gasteiger partial charge >= 0.3 is 0 Å². The van der Waals surface area contributed by atoms with E-state index < -0.39 is 0 Å². The van der Waals surface area contributed by atoms with Crippen molar-refractivity contribution in [3.05, 3.63) is 33.8 Å². The second kappa shape index (κ2) is 6.90. The number of rotatable bonds is 5. The van der Waals surface area contributed by atoms with Crippen molar-refractivity contribution in [3.8, 4) is 0 Å². The fourth-order valence-corrected chi connectivity index (χ4v) is 1.92. The average molecular weight is 313 g/mol. The molecule has 18 heavy (non-hydrogen) atoms. The molecule has 3 nitrogen and oxygen atoms in total. The summed E-state index contributed by atoms with van der Waals surface area (Å²) in [6, 6.07) is 6.17. The lowest BCUT2D eigenvalue weighted by molar-refractivity contribution is 0.0947. The Labute approximate surface area is 118 Å². The van der Waals surface area contributed by atoms with Crippen LogP contribution in [0.2, 0.25) is 0 Å². The topological polar surface area (TPSA) is 32.3 Å². The van der Waals surface area contributed by atoms with Crippen molar-refractivity contribution in [2.75, 3.05) is 20.1 Å². The van der Waals surface area contributed by atoms with E-state index in [1.165, 1.54) is 0 Å². The molecule has 0 atom stereocenters. The number of likely N-dealkylation sites (N-methyl/N-ethyl adjacent to an activating group) is 1. The second-order valence-electron chi connectivity index (χ2n) is 4.74. The quantitative estimate of drug-likeness (QED) is 0.906. The van der Waals surface area contributed by atoms with Crippen molar-refractivity contribution in [2.24, 2.45) is 0 Å². The molecule has 0 aliphatic rings. The number of carbonyl (C=O) groups is 1. The van der Waals surface area contributed by atoms with E-state index in [0.717, 1.165) is 22.1 Å². The van der Waals surface area contributed by atoms with Crippen LogP contribution in [0, 0.1) is 6.92 Å². The van der Waals surface area contributed by atoms with E-state index in [1.54, 1.807) is 0 Å². The fourth-order valence-electron chi connectivity index (χ4n) is 1.55. The lowest BCUT2D eigenvalue weighted by Gasteiger charge is -2.21. The van der Waals surface area contributed by atoms with Gasteiger partial charge in [-0.2, -0.15) is 0 Å². The zero-order valence-corrected chi connectivity index (χ0v) is 13.0. The predicted molar refractivity (Wildman–Crippen MR) is 79.0 cm³/mol. The van der Waals surface area contributed by atoms with Crippen LogP contribution in [-0.4, -0.2) is 37.0 Å². The monoisotopic (exact) mass is 312 g/mol. The molecule has 1 amide bonds. The maximum Gasteiger partial charge on any atom is 0.251 e. The first kappa shape index (κ1) is 15.2. The highest BCUT2D eigenvalue weighted by molar-refractivity contribution is 9.10. The van der Waals surface area contributed by atoms with Gasteiger partial charge in [-0.15, -0.1) is 0 Å². The molecule has 0 bridgehead atoms. The average Bonchev–Trinajstić information content (AvgIpc) is 2.32. The highest BCUT2D eigenvalue weighted by Crippen LogP contribution is 2.19. The zero-order valence-electron chi connectivity index (χ0n) is 11.5. The van der Waals surface area contributed by atoms with Gasteiger partial charge < -0.3 is 10.2 Å². The van der Waals surface area contributed by atoms with Gasteiger partial charge in [-0.1, -0.05) is 22.0 Å². The summed E-state index contributed by atoms with van der Waals surface area (Å²) in [5, 5.41) is 2.95. The van der Waals surface area contributed by atoms with Gasteiger partial charge in [-0.05, 0) is 45.5 Å². The first-order valence-corrected chi connectivity index (χ1v) is 6.96. The molecule has 0 saturated carbocycles. The molecular weight excluding hydrogens is 292 g/mol. The Morgan fingerprint density at radius 1 is 1.44 bits per heavy atom. The van der Waals surface area contributed by atoms with Gasteiger partial charge in [0.15, 0.2) is 0 Å². The summed E-state index contributed by atoms with van der Waals surface area (Å²) in [5.74, 6) is -0.00837. The highest BCUT2D eigenvalue weighted by atomic mass is 79.9. The number of hydrogen-bond donors (Lipinski definition) is 1. The number of hydrogen-bond acceptors (Lipinski definition) is 2. The molecule has 0 unspecified atom stereocenters. The molecular formula is C14H21BrN2O. The van der Waals surface area contributed by atoms with E-state index in [0.29, 0.717) is 12.6 Å². The number of benzene rings is 1. The number of nitrogens with zero attached hydrogens (tertiary/aromatic N) is 1. The van der Waals surface area contributed by atoms with Crippen molar-refractivity contribution < 1.29 is 4.79 Å². The minimum Gasteiger partial charge on any atom is -0.351 e. The fraction of sp³-hybridized carbons (Fsp3) is 0.500. The van der Waals surface area contributed by atoms with Gasteiger partial charge in [0.25, 0.3) is 5.91 Å². The lowest BCUT2D eigenvalue weighted by atomic mass is 10.1. The lowest BCUT2D eigenvalue weighted by Crippen LogP contribution is -2.36. The summed E-state index contributed by atoms with van der Waals surface area (Å²) in [4.78, 5) is 14.2. The normalized spacial score (nSPS) is 11.1. The smallest absolute Gasteiger partial charge is 0.251 e. The van der Waals surface area contributed by atoms with Gasteiger partial charge in [0, 0.05) is 29.2 Å². The third-order valence-electron chi connectivity index (χ3n) is 3.14. The maximum absolute atomic E-state index is 12.0. The van der Waals surface area contributed by atoms with Crippen molar-refractivity contribution in [1.82, 2.24) is 10.2 Å². The Kier molecular flexibility index (Phi) is 5.82. The van der Waals surface area contributed by atoms with E-state index in [-0.39, 0.29) is 5.91 Å². The molecule has 1 aromatic carbocycles. The second-order valence-corrected chi connectivity index (χ2v) is 5.60. The number of nitrogens with one attached hydrogen (secondary N) is 1. The summed E-state index contributed by atoms with van der Waals surface area (Å²) < 4.78 is 0.967. The molecule has 0 saturated heterocycles. The molecule has 1 aromatic rings. The van der Waals surface area contributed by atoms with E-state index in [9.17, 15) is 4.79 Å². The zero-order chi connectivity index (χ0) is 13.7. The number of halogens is 1. The molecule has 0 aliphatic heterocycles. The molecule has 4 heteroatoms. The molecule has 0 fully saturated rings. The van der Waals surface area contributed by atoms with Crippen LogP contribution in [0.5, 0.6) is 0 Å². The van der Waals surface area contributed by atoms with E-state index in [2.05, 4.69) is 47.0 Å². The summed E-state index contributed by atoms with van der Waals surface area (Å²) in [7, 11) is 2.06. The first-order chi connectivity index (χ1) is 8.43. The van der Waals surface area contributed by atoms with Crippen molar-refractivity contribution in [2.45, 2.75) is 26.8 Å². The van der Waals surface area contributed by atoms with E-state index >= 15 is 0 Å². The first-order valence-electron chi connectivity index (χ1n) is 6.17. The van der Waals surface area contributed by atoms with Crippen LogP contribution >= 0.6 is 15.9 Å². The molecule has 100 valence electrons. The Bertz CT molecular complexity index is 418. The third-order valence-corrected chi connectivity index (χ3v) is 4.00. The maximum atomic E-state index is 12.0. The Morgan fingerprint density at radius 2 is 2.11 bits per heavy atom. The van der Waals surface area contributed by atoms with Crippen molar-refractivity contribution >= 4 is 21.8 Å². The molecule has 0 aliphatic carbocycles. The van der Waals surface area contributed by atoms with Gasteiger partial charge in [0.1, 0.15) is 0 Å². The summed E-state index contributed by atoms with van der Waals surface area (Å²) in [6.07, 6.45) is 0. The van der Waals surface area contributed by atoms with E-state index in [4.69, 9.17) is 0 Å². The molecule has 0 spiro atoms. The van der Waals surface area contributed by atoms with Crippen LogP contribution < -0.4 is 5.32 Å². The highest BCUT2D eigenvalue weighted by Gasteiger charge is 2.10. The Morgan fingerprint density at radius 3 is 2.72 bits per heavy atom. The van der Waals surface area contributed by atoms with Crippen molar-refractivity contribution in [3.63, 3.8) is 0 Å². The van der Waals surface area contributed by atoms with E-state index in [1.807, 2.05) is 25.1 Å². The molecule has 0 aromatic heterocycles. The molecule has 1 N–H and O–H groups in total. The minimum absolute atomic E-state index is 0.00837. The van der Waals surface area contributed by atoms with Crippen LogP contribution in [0.25, 0.3) is 0 Å². The minimum atomic E-state index is -0.00837. The van der Waals surface area contributed by atoms with Gasteiger partial charge in [0.05, 0.1) is 0 Å². The summed E-state index contributed by atoms with van der Waals surface area (Å²) in [5.41, 5.74) is 1.71. The SMILES string of the molecule is Cc1c(Br)cccc1C(=O)NCCN(C)C(C)C. The predicted octanol–water partition coefficient (Wildman–Crippen LogP) is 2.83. The third kappa shape index (κ3) is 4.10. The number of amides is 1. The summed E-state index contributed by atoms with van der Waals surface area (Å²) >= 11 is 3.44. The standard InChI is InChI=1S/C14H21BrN2O/c1-10(2)17(4)9-8-16-14(18)12-6-5-7-13(15)11(12)3/h5-7,10H,8-9H2,1-4H3,(H,16,18). The number of carbonyl (C=O) groups excluding carboxylic acids is 1. The largest absolute Gasteiger partial charge is 0.351 e. The molecule has 0 radical (unpaired) electrons. The van der Waals surface area contributed by atoms with Crippen LogP contribution in [0.1, 0.15) is 29.8 Å². The summed E-state index contributed by atoms with van der Waals surface area (Å²) in [6.45, 7) is 7.75. The molecule has 0 heterocycles. The van der Waals surface area contributed by atoms with Crippen LogP contribution in [0.4, 0.5) is 0 Å². The van der Waals surface area contributed by atoms with Gasteiger partial charge in [-0.25, -0.2) is 0 Å².